The molecule has 2 aliphatic rings. The third kappa shape index (κ3) is 9.45. The molecule has 71 heavy (non-hydrogen) atoms. The average Bonchev–Trinajstić information content (AvgIpc) is 3.89. The maximum atomic E-state index is 2.40. The average molecular weight is 921 g/mol. The van der Waals surface area contributed by atoms with Gasteiger partial charge in [0.2, 0.25) is 0 Å². The van der Waals surface area contributed by atoms with Crippen molar-refractivity contribution in [3.8, 4) is 55.6 Å². The summed E-state index contributed by atoms with van der Waals surface area (Å²) in [5.74, 6) is 0.533. The van der Waals surface area contributed by atoms with Crippen molar-refractivity contribution in [1.82, 2.24) is 0 Å². The minimum absolute atomic E-state index is 0.189. The number of rotatable bonds is 6. The zero-order chi connectivity index (χ0) is 49.5. The molecule has 0 radical (unpaired) electrons. The van der Waals surface area contributed by atoms with Crippen molar-refractivity contribution >= 4 is 10.8 Å². The molecule has 0 saturated carbocycles. The van der Waals surface area contributed by atoms with Gasteiger partial charge in [-0.05, 0) is 151 Å². The number of unbranched alkanes of at least 4 members (excludes halogenated alkanes) is 1. The van der Waals surface area contributed by atoms with Gasteiger partial charge >= 0.3 is 0 Å². The first-order chi connectivity index (χ1) is 34.7. The normalized spacial score (nSPS) is 12.5. The third-order valence-electron chi connectivity index (χ3n) is 14.9. The Kier molecular flexibility index (Phi) is 14.8. The van der Waals surface area contributed by atoms with Gasteiger partial charge in [-0.1, -0.05) is 270 Å². The van der Waals surface area contributed by atoms with Crippen LogP contribution in [0.1, 0.15) is 103 Å². The van der Waals surface area contributed by atoms with Crippen LogP contribution in [0.2, 0.25) is 0 Å². The van der Waals surface area contributed by atoms with Gasteiger partial charge in [0.1, 0.15) is 0 Å². The zero-order valence-electron chi connectivity index (χ0n) is 43.1. The van der Waals surface area contributed by atoms with Crippen molar-refractivity contribution in [3.63, 3.8) is 0 Å². The molecule has 0 bridgehead atoms. The lowest BCUT2D eigenvalue weighted by molar-refractivity contribution is 0.735. The Balaban J connectivity index is 0.000000134. The van der Waals surface area contributed by atoms with Crippen LogP contribution >= 0.6 is 0 Å². The predicted octanol–water partition coefficient (Wildman–Crippen LogP) is 20.1. The molecule has 1 atom stereocenters. The summed E-state index contributed by atoms with van der Waals surface area (Å²) in [6.45, 7) is 17.8. The molecule has 0 heteroatoms. The fourth-order valence-corrected chi connectivity index (χ4v) is 10.8. The highest BCUT2D eigenvalue weighted by Gasteiger charge is 2.51. The highest BCUT2D eigenvalue weighted by atomic mass is 14.5. The number of benzene rings is 10. The molecular formula is C71H68. The monoisotopic (exact) mass is 921 g/mol. The van der Waals surface area contributed by atoms with Crippen molar-refractivity contribution in [2.45, 2.75) is 86.0 Å². The number of fused-ring (bicyclic) bond motifs is 11. The van der Waals surface area contributed by atoms with Crippen molar-refractivity contribution < 1.29 is 0 Å². The van der Waals surface area contributed by atoms with Gasteiger partial charge in [0.25, 0.3) is 0 Å². The first-order valence-corrected chi connectivity index (χ1v) is 25.9. The smallest absolute Gasteiger partial charge is 0.0654 e. The Labute approximate surface area is 424 Å². The fourth-order valence-electron chi connectivity index (χ4n) is 10.8. The van der Waals surface area contributed by atoms with Gasteiger partial charge in [-0.15, -0.1) is 0 Å². The lowest BCUT2D eigenvalue weighted by atomic mass is 9.70. The first kappa shape index (κ1) is 48.5. The quantitative estimate of drug-likeness (QED) is 0.156. The number of aryl methyl sites for hydroxylation is 3. The van der Waals surface area contributed by atoms with Crippen LogP contribution in [0.5, 0.6) is 0 Å². The van der Waals surface area contributed by atoms with E-state index in [4.69, 9.17) is 0 Å². The summed E-state index contributed by atoms with van der Waals surface area (Å²) in [5.41, 5.74) is 25.7. The second-order valence-corrected chi connectivity index (χ2v) is 19.6. The van der Waals surface area contributed by atoms with E-state index in [2.05, 4.69) is 274 Å². The fraction of sp³-hybridized carbons (Fsp3) is 0.183. The molecule has 0 aliphatic heterocycles. The van der Waals surface area contributed by atoms with E-state index in [9.17, 15) is 0 Å². The molecule has 2 aliphatic carbocycles. The van der Waals surface area contributed by atoms with Crippen LogP contribution in [0.3, 0.4) is 0 Å². The van der Waals surface area contributed by atoms with E-state index in [0.29, 0.717) is 5.92 Å². The topological polar surface area (TPSA) is 0 Å². The van der Waals surface area contributed by atoms with Gasteiger partial charge in [-0.3, -0.25) is 0 Å². The summed E-state index contributed by atoms with van der Waals surface area (Å²) in [6, 6.07) is 81.7. The molecule has 0 saturated heterocycles. The maximum absolute atomic E-state index is 2.40. The van der Waals surface area contributed by atoms with E-state index in [0.717, 1.165) is 6.42 Å². The summed E-state index contributed by atoms with van der Waals surface area (Å²) < 4.78 is 0. The van der Waals surface area contributed by atoms with Crippen molar-refractivity contribution in [1.29, 1.82) is 0 Å². The van der Waals surface area contributed by atoms with Crippen molar-refractivity contribution in [3.05, 3.63) is 275 Å². The number of hydrogen-bond donors (Lipinski definition) is 0. The Bertz CT molecular complexity index is 3360. The summed E-state index contributed by atoms with van der Waals surface area (Å²) in [4.78, 5) is 0. The molecule has 1 spiro atoms. The maximum Gasteiger partial charge on any atom is 0.0725 e. The highest BCUT2D eigenvalue weighted by Crippen LogP contribution is 2.62. The second kappa shape index (κ2) is 21.6. The minimum atomic E-state index is -0.189. The second-order valence-electron chi connectivity index (χ2n) is 19.6. The van der Waals surface area contributed by atoms with Crippen molar-refractivity contribution in [2.75, 3.05) is 0 Å². The van der Waals surface area contributed by atoms with E-state index in [1.807, 2.05) is 6.07 Å². The molecule has 1 unspecified atom stereocenters. The van der Waals surface area contributed by atoms with Crippen LogP contribution < -0.4 is 0 Å². The first-order valence-electron chi connectivity index (χ1n) is 25.9. The van der Waals surface area contributed by atoms with E-state index < -0.39 is 0 Å². The highest BCUT2D eigenvalue weighted by molar-refractivity contribution is 5.95. The molecule has 0 heterocycles. The molecule has 0 nitrogen and oxygen atoms in total. The Morgan fingerprint density at radius 2 is 0.817 bits per heavy atom. The Morgan fingerprint density at radius 3 is 1.39 bits per heavy atom. The van der Waals surface area contributed by atoms with Crippen LogP contribution in [0.4, 0.5) is 0 Å². The molecule has 0 N–H and O–H groups in total. The third-order valence-corrected chi connectivity index (χ3v) is 14.9. The van der Waals surface area contributed by atoms with Gasteiger partial charge in [0, 0.05) is 0 Å². The molecule has 352 valence electrons. The molecule has 12 rings (SSSR count). The molecule has 0 aromatic heterocycles. The molecular weight excluding hydrogens is 853 g/mol. The molecule has 10 aromatic rings. The minimum Gasteiger partial charge on any atom is -0.0654 e. The van der Waals surface area contributed by atoms with Crippen LogP contribution in [-0.4, -0.2) is 0 Å². The summed E-state index contributed by atoms with van der Waals surface area (Å²) in [5, 5.41) is 2.60. The molecule has 0 amide bonds. The zero-order valence-corrected chi connectivity index (χ0v) is 43.1. The van der Waals surface area contributed by atoms with E-state index in [1.54, 1.807) is 0 Å². The van der Waals surface area contributed by atoms with Gasteiger partial charge in [-0.2, -0.15) is 0 Å². The van der Waals surface area contributed by atoms with Crippen LogP contribution in [0.15, 0.2) is 224 Å². The standard InChI is InChI=1S/C28H28.C26H18.C13H12.C4H10/c1-5-19(2)26-16-17-27(25-13-9-6-10-20(25)3)21(4)28(26)24-15-14-22-11-7-8-12-23(22)18-24;1-17-14-15-21-20-10-4-7-13-24(20)26(25(21)16-17)22-11-5-2-8-18(22)19-9-3-6-12-23(19)26;1-11-7-9-13(10-8-11)12-5-3-2-4-6-12;1-3-4-2/h6-19H,5H2,1-4H3;2-16H,1H3;2-10H,1H3;3-4H2,1-2H3. The van der Waals surface area contributed by atoms with Crippen molar-refractivity contribution in [2.24, 2.45) is 0 Å². The number of hydrogen-bond acceptors (Lipinski definition) is 0. The lowest BCUT2D eigenvalue weighted by Crippen LogP contribution is -2.25. The summed E-state index contributed by atoms with van der Waals surface area (Å²) in [6.07, 6.45) is 3.78. The van der Waals surface area contributed by atoms with Gasteiger partial charge in [0.15, 0.2) is 0 Å². The largest absolute Gasteiger partial charge is 0.0725 e. The van der Waals surface area contributed by atoms with Crippen LogP contribution in [0, 0.1) is 27.7 Å². The van der Waals surface area contributed by atoms with Crippen LogP contribution in [0.25, 0.3) is 66.4 Å². The van der Waals surface area contributed by atoms with Gasteiger partial charge in [0.05, 0.1) is 5.41 Å². The van der Waals surface area contributed by atoms with Gasteiger partial charge < -0.3 is 0 Å². The predicted molar refractivity (Wildman–Crippen MR) is 308 cm³/mol. The summed E-state index contributed by atoms with van der Waals surface area (Å²) in [7, 11) is 0. The van der Waals surface area contributed by atoms with E-state index in [1.165, 1.54) is 129 Å². The lowest BCUT2D eigenvalue weighted by Gasteiger charge is -2.30. The molecule has 0 fully saturated rings. The van der Waals surface area contributed by atoms with E-state index in [-0.39, 0.29) is 5.41 Å². The van der Waals surface area contributed by atoms with E-state index >= 15 is 0 Å². The summed E-state index contributed by atoms with van der Waals surface area (Å²) >= 11 is 0. The molecule has 10 aromatic carbocycles. The Morgan fingerprint density at radius 1 is 0.352 bits per heavy atom. The van der Waals surface area contributed by atoms with Crippen LogP contribution in [-0.2, 0) is 5.41 Å². The van der Waals surface area contributed by atoms with Gasteiger partial charge in [-0.25, -0.2) is 0 Å². The SMILES string of the molecule is CCC(C)c1ccc(-c2ccccc2C)c(C)c1-c1ccc2ccccc2c1.CCCC.Cc1ccc(-c2ccccc2)cc1.Cc1ccc2c(c1)C1(c3ccccc3-c3ccccc31)c1ccccc1-2. The Hall–Kier alpha value is -7.54.